The van der Waals surface area contributed by atoms with E-state index in [1.165, 1.54) is 0 Å². The van der Waals surface area contributed by atoms with Crippen LogP contribution in [-0.4, -0.2) is 5.97 Å². The summed E-state index contributed by atoms with van der Waals surface area (Å²) in [6.07, 6.45) is 2.97. The van der Waals surface area contributed by atoms with Gasteiger partial charge in [0, 0.05) is 0 Å². The number of allylic oxidation sites excluding steroid dienone is 1. The normalized spacial score (nSPS) is 10.4. The van der Waals surface area contributed by atoms with Gasteiger partial charge < -0.3 is 9.90 Å². The quantitative estimate of drug-likeness (QED) is 0.329. The fourth-order valence-electron chi connectivity index (χ4n) is 0.668. The number of hydrogen-bond donors (Lipinski definition) is 0. The third-order valence-electron chi connectivity index (χ3n) is 1.01. The van der Waals surface area contributed by atoms with Crippen LogP contribution in [0.25, 0.3) is 0 Å². The summed E-state index contributed by atoms with van der Waals surface area (Å²) in [6.45, 7) is 3.80. The van der Waals surface area contributed by atoms with Crippen LogP contribution in [0.4, 0.5) is 0 Å². The number of rotatable bonds is 3. The number of aliphatic carboxylic acids is 1. The van der Waals surface area contributed by atoms with Gasteiger partial charge in [-0.05, 0) is 19.4 Å². The Bertz CT molecular complexity index is 130. The number of hydrogen-bond acceptors (Lipinski definition) is 2. The topological polar surface area (TPSA) is 40.1 Å². The Morgan fingerprint density at radius 3 is 2.40 bits per heavy atom. The Morgan fingerprint density at radius 1 is 1.60 bits per heavy atom. The van der Waals surface area contributed by atoms with Gasteiger partial charge in [0.25, 0.3) is 0 Å². The summed E-state index contributed by atoms with van der Waals surface area (Å²) in [4.78, 5) is 9.90. The first kappa shape index (κ1) is 12.8. The smallest absolute Gasteiger partial charge is 0.545 e. The summed E-state index contributed by atoms with van der Waals surface area (Å²) in [6, 6.07) is 0. The molecule has 0 radical (unpaired) electrons. The first-order valence-corrected chi connectivity index (χ1v) is 3.05. The van der Waals surface area contributed by atoms with Crippen LogP contribution in [0.15, 0.2) is 11.6 Å². The first-order chi connectivity index (χ1) is 4.16. The van der Waals surface area contributed by atoms with Crippen LogP contribution >= 0.6 is 0 Å². The zero-order chi connectivity index (χ0) is 7.28. The van der Waals surface area contributed by atoms with Crippen molar-refractivity contribution in [2.75, 3.05) is 0 Å². The second-order valence-corrected chi connectivity index (χ2v) is 2.06. The molecule has 0 unspecified atom stereocenters. The van der Waals surface area contributed by atoms with Crippen molar-refractivity contribution < 1.29 is 39.5 Å². The van der Waals surface area contributed by atoms with E-state index in [4.69, 9.17) is 0 Å². The number of carbonyl (C=O) groups is 1. The van der Waals surface area contributed by atoms with E-state index in [-0.39, 0.29) is 29.6 Å². The molecule has 0 bridgehead atoms. The van der Waals surface area contributed by atoms with Crippen LogP contribution in [-0.2, 0) is 4.79 Å². The molecule has 3 heteroatoms. The predicted octanol–water partition coefficient (Wildman–Crippen LogP) is -2.51. The molecule has 0 aromatic heterocycles. The van der Waals surface area contributed by atoms with Gasteiger partial charge in [-0.2, -0.15) is 0 Å². The van der Waals surface area contributed by atoms with Gasteiger partial charge in [-0.1, -0.05) is 18.9 Å². The molecular formula is C7H11NaO2. The maximum Gasteiger partial charge on any atom is 1.00 e. The Morgan fingerprint density at radius 2 is 2.10 bits per heavy atom. The molecule has 0 aromatic rings. The minimum atomic E-state index is -1.10. The monoisotopic (exact) mass is 150 g/mol. The molecule has 0 saturated heterocycles. The van der Waals surface area contributed by atoms with Crippen molar-refractivity contribution in [2.45, 2.75) is 26.7 Å². The molecule has 0 aromatic carbocycles. The summed E-state index contributed by atoms with van der Waals surface area (Å²) >= 11 is 0. The minimum Gasteiger partial charge on any atom is -0.545 e. The van der Waals surface area contributed by atoms with Gasteiger partial charge in [-0.3, -0.25) is 0 Å². The van der Waals surface area contributed by atoms with E-state index in [0.717, 1.165) is 24.5 Å². The van der Waals surface area contributed by atoms with Gasteiger partial charge in [0.2, 0.25) is 0 Å². The van der Waals surface area contributed by atoms with Gasteiger partial charge in [0.15, 0.2) is 0 Å². The van der Waals surface area contributed by atoms with Crippen molar-refractivity contribution in [1.82, 2.24) is 0 Å². The Labute approximate surface area is 83.6 Å². The van der Waals surface area contributed by atoms with Crippen molar-refractivity contribution in [3.05, 3.63) is 11.6 Å². The van der Waals surface area contributed by atoms with Crippen molar-refractivity contribution in [3.8, 4) is 0 Å². The molecule has 10 heavy (non-hydrogen) atoms. The fourth-order valence-corrected chi connectivity index (χ4v) is 0.668. The second kappa shape index (κ2) is 7.32. The summed E-state index contributed by atoms with van der Waals surface area (Å²) in [5.74, 6) is -1.10. The summed E-state index contributed by atoms with van der Waals surface area (Å²) in [5.41, 5.74) is 0.873. The molecule has 0 saturated carbocycles. The molecule has 0 heterocycles. The summed E-state index contributed by atoms with van der Waals surface area (Å²) in [7, 11) is 0. The second-order valence-electron chi connectivity index (χ2n) is 2.06. The zero-order valence-corrected chi connectivity index (χ0v) is 8.81. The zero-order valence-electron chi connectivity index (χ0n) is 6.81. The van der Waals surface area contributed by atoms with Crippen LogP contribution in [0.2, 0.25) is 0 Å². The Hall–Kier alpha value is 0.210. The predicted molar refractivity (Wildman–Crippen MR) is 33.7 cm³/mol. The molecule has 0 aliphatic heterocycles. The van der Waals surface area contributed by atoms with Crippen LogP contribution in [0, 0.1) is 0 Å². The van der Waals surface area contributed by atoms with Crippen LogP contribution < -0.4 is 34.7 Å². The largest absolute Gasteiger partial charge is 1.00 e. The molecule has 52 valence electrons. The van der Waals surface area contributed by atoms with Gasteiger partial charge >= 0.3 is 29.6 Å². The molecule has 0 rings (SSSR count). The van der Waals surface area contributed by atoms with Crippen LogP contribution in [0.3, 0.4) is 0 Å². The Balaban J connectivity index is 0. The van der Waals surface area contributed by atoms with Crippen molar-refractivity contribution >= 4 is 5.97 Å². The van der Waals surface area contributed by atoms with Gasteiger partial charge in [-0.25, -0.2) is 0 Å². The molecule has 0 amide bonds. The van der Waals surface area contributed by atoms with Crippen molar-refractivity contribution in [2.24, 2.45) is 0 Å². The minimum absolute atomic E-state index is 0. The standard InChI is InChI=1S/C7H12O2.Na/c1-3-4-6(2)5-7(8)9;/h5H,3-4H2,1-2H3,(H,8,9);/q;+1/p-1. The maximum absolute atomic E-state index is 9.90. The van der Waals surface area contributed by atoms with E-state index in [1.54, 1.807) is 6.92 Å². The van der Waals surface area contributed by atoms with E-state index < -0.39 is 5.97 Å². The molecule has 0 spiro atoms. The summed E-state index contributed by atoms with van der Waals surface area (Å²) in [5, 5.41) is 9.90. The number of carboxylic acids is 1. The number of carbonyl (C=O) groups excluding carboxylic acids is 1. The molecule has 2 nitrogen and oxygen atoms in total. The molecular weight excluding hydrogens is 139 g/mol. The molecule has 0 N–H and O–H groups in total. The third kappa shape index (κ3) is 8.21. The van der Waals surface area contributed by atoms with Gasteiger partial charge in [0.1, 0.15) is 0 Å². The van der Waals surface area contributed by atoms with Gasteiger partial charge in [0.05, 0.1) is 5.97 Å². The maximum atomic E-state index is 9.90. The van der Waals surface area contributed by atoms with Crippen LogP contribution in [0.1, 0.15) is 26.7 Å². The fraction of sp³-hybridized carbons (Fsp3) is 0.571. The first-order valence-electron chi connectivity index (χ1n) is 3.05. The van der Waals surface area contributed by atoms with E-state index in [2.05, 4.69) is 0 Å². The van der Waals surface area contributed by atoms with Crippen LogP contribution in [0.5, 0.6) is 0 Å². The van der Waals surface area contributed by atoms with Crippen molar-refractivity contribution in [3.63, 3.8) is 0 Å². The van der Waals surface area contributed by atoms with E-state index in [0.29, 0.717) is 0 Å². The molecule has 0 aliphatic carbocycles. The Kier molecular flexibility index (Phi) is 9.40. The van der Waals surface area contributed by atoms with E-state index in [1.807, 2.05) is 6.92 Å². The molecule has 0 atom stereocenters. The van der Waals surface area contributed by atoms with E-state index in [9.17, 15) is 9.90 Å². The number of carboxylic acid groups (broad SMARTS) is 1. The molecule has 0 fully saturated rings. The molecule has 0 aliphatic rings. The third-order valence-corrected chi connectivity index (χ3v) is 1.01. The summed E-state index contributed by atoms with van der Waals surface area (Å²) < 4.78 is 0. The van der Waals surface area contributed by atoms with E-state index >= 15 is 0 Å². The average Bonchev–Trinajstić information content (AvgIpc) is 1.63. The van der Waals surface area contributed by atoms with Crippen molar-refractivity contribution in [1.29, 1.82) is 0 Å². The average molecular weight is 150 g/mol. The SMILES string of the molecule is CCCC(C)=CC(=O)[O-].[Na+]. The van der Waals surface area contributed by atoms with Gasteiger partial charge in [-0.15, -0.1) is 0 Å².